The van der Waals surface area contributed by atoms with Gasteiger partial charge in [0.1, 0.15) is 0 Å². The second-order valence-electron chi connectivity index (χ2n) is 7.77. The molecule has 1 N–H and O–H groups in total. The van der Waals surface area contributed by atoms with Crippen molar-refractivity contribution in [3.63, 3.8) is 0 Å². The second-order valence-corrected chi connectivity index (χ2v) is 7.77. The molecule has 0 saturated carbocycles. The van der Waals surface area contributed by atoms with Gasteiger partial charge in [-0.25, -0.2) is 0 Å². The summed E-state index contributed by atoms with van der Waals surface area (Å²) in [5, 5.41) is 8.87. The molecule has 4 aromatic carbocycles. The van der Waals surface area contributed by atoms with Gasteiger partial charge in [-0.2, -0.15) is 0 Å². The quantitative estimate of drug-likeness (QED) is 0.363. The van der Waals surface area contributed by atoms with E-state index in [0.29, 0.717) is 0 Å². The van der Waals surface area contributed by atoms with Crippen molar-refractivity contribution in [1.29, 1.82) is 0 Å². The van der Waals surface area contributed by atoms with Crippen molar-refractivity contribution in [2.45, 2.75) is 32.6 Å². The standard InChI is InChI=1S/C26H26N2/c1-2-3-4-9-14-28-25-17-21-12-7-5-10-19(21)15-23(25)27-24-16-20-11-6-8-13-22(20)18-26(24)28/h5-8,10-13,15-18,27H,2-4,9,14H2,1H3. The molecule has 1 aliphatic rings. The van der Waals surface area contributed by atoms with Crippen LogP contribution in [0.15, 0.2) is 72.8 Å². The van der Waals surface area contributed by atoms with Gasteiger partial charge in [0, 0.05) is 6.54 Å². The summed E-state index contributed by atoms with van der Waals surface area (Å²) in [6.07, 6.45) is 5.07. The van der Waals surface area contributed by atoms with E-state index in [-0.39, 0.29) is 0 Å². The van der Waals surface area contributed by atoms with E-state index in [9.17, 15) is 0 Å². The van der Waals surface area contributed by atoms with Crippen molar-refractivity contribution in [3.05, 3.63) is 72.8 Å². The average molecular weight is 367 g/mol. The molecule has 2 heteroatoms. The Labute approximate surface area is 166 Å². The minimum Gasteiger partial charge on any atom is -0.352 e. The molecule has 0 aromatic heterocycles. The highest BCUT2D eigenvalue weighted by Crippen LogP contribution is 2.46. The fourth-order valence-electron chi connectivity index (χ4n) is 4.32. The van der Waals surface area contributed by atoms with Crippen LogP contribution >= 0.6 is 0 Å². The zero-order valence-corrected chi connectivity index (χ0v) is 16.4. The lowest BCUT2D eigenvalue weighted by Crippen LogP contribution is -2.23. The number of anilines is 4. The summed E-state index contributed by atoms with van der Waals surface area (Å²) in [6, 6.07) is 26.5. The lowest BCUT2D eigenvalue weighted by molar-refractivity contribution is 0.668. The van der Waals surface area contributed by atoms with E-state index in [0.717, 1.165) is 6.54 Å². The van der Waals surface area contributed by atoms with Gasteiger partial charge in [0.05, 0.1) is 22.7 Å². The number of benzene rings is 4. The zero-order valence-electron chi connectivity index (χ0n) is 16.4. The minimum atomic E-state index is 1.05. The first kappa shape index (κ1) is 17.1. The van der Waals surface area contributed by atoms with Crippen LogP contribution in [0.2, 0.25) is 0 Å². The van der Waals surface area contributed by atoms with Crippen LogP contribution < -0.4 is 10.2 Å². The predicted molar refractivity (Wildman–Crippen MR) is 122 cm³/mol. The minimum absolute atomic E-state index is 1.05. The van der Waals surface area contributed by atoms with Crippen LogP contribution in [-0.4, -0.2) is 6.54 Å². The van der Waals surface area contributed by atoms with Gasteiger partial charge < -0.3 is 10.2 Å². The summed E-state index contributed by atoms with van der Waals surface area (Å²) < 4.78 is 0. The Morgan fingerprint density at radius 1 is 0.643 bits per heavy atom. The molecular formula is C26H26N2. The van der Waals surface area contributed by atoms with Gasteiger partial charge in [-0.3, -0.25) is 0 Å². The van der Waals surface area contributed by atoms with Gasteiger partial charge >= 0.3 is 0 Å². The number of hydrogen-bond donors (Lipinski definition) is 1. The van der Waals surface area contributed by atoms with E-state index >= 15 is 0 Å². The fraction of sp³-hybridized carbons (Fsp3) is 0.231. The van der Waals surface area contributed by atoms with Crippen molar-refractivity contribution in [3.8, 4) is 0 Å². The third-order valence-electron chi connectivity index (χ3n) is 5.81. The largest absolute Gasteiger partial charge is 0.352 e. The molecule has 0 unspecified atom stereocenters. The van der Waals surface area contributed by atoms with Crippen molar-refractivity contribution in [2.75, 3.05) is 16.8 Å². The molecule has 28 heavy (non-hydrogen) atoms. The number of nitrogens with zero attached hydrogens (tertiary/aromatic N) is 1. The number of nitrogens with one attached hydrogen (secondary N) is 1. The maximum atomic E-state index is 3.71. The van der Waals surface area contributed by atoms with Crippen molar-refractivity contribution >= 4 is 44.3 Å². The summed E-state index contributed by atoms with van der Waals surface area (Å²) in [6.45, 7) is 3.33. The SMILES string of the molecule is CCCCCCN1c2cc3ccccc3cc2Nc2cc3ccccc3cc21. The molecule has 4 aromatic rings. The highest BCUT2D eigenvalue weighted by atomic mass is 15.2. The lowest BCUT2D eigenvalue weighted by atomic mass is 10.0. The molecule has 1 aliphatic heterocycles. The van der Waals surface area contributed by atoms with Gasteiger partial charge in [0.25, 0.3) is 0 Å². The number of hydrogen-bond acceptors (Lipinski definition) is 2. The highest BCUT2D eigenvalue weighted by Gasteiger charge is 2.23. The van der Waals surface area contributed by atoms with Crippen LogP contribution in [0.25, 0.3) is 21.5 Å². The van der Waals surface area contributed by atoms with Crippen LogP contribution in [0.4, 0.5) is 22.7 Å². The molecule has 0 atom stereocenters. The molecule has 0 aliphatic carbocycles. The summed E-state index contributed by atoms with van der Waals surface area (Å²) in [7, 11) is 0. The first-order valence-electron chi connectivity index (χ1n) is 10.4. The molecule has 0 amide bonds. The van der Waals surface area contributed by atoms with Gasteiger partial charge in [0.2, 0.25) is 0 Å². The smallest absolute Gasteiger partial charge is 0.0657 e. The molecule has 1 heterocycles. The van der Waals surface area contributed by atoms with Crippen molar-refractivity contribution in [2.24, 2.45) is 0 Å². The van der Waals surface area contributed by atoms with Crippen molar-refractivity contribution < 1.29 is 0 Å². The summed E-state index contributed by atoms with van der Waals surface area (Å²) in [4.78, 5) is 2.52. The molecule has 0 fully saturated rings. The monoisotopic (exact) mass is 366 g/mol. The van der Waals surface area contributed by atoms with Gasteiger partial charge in [-0.05, 0) is 52.2 Å². The maximum Gasteiger partial charge on any atom is 0.0657 e. The molecule has 140 valence electrons. The molecule has 0 spiro atoms. The molecule has 0 radical (unpaired) electrons. The van der Waals surface area contributed by atoms with Crippen LogP contribution in [0.5, 0.6) is 0 Å². The van der Waals surface area contributed by atoms with E-state index in [1.54, 1.807) is 0 Å². The van der Waals surface area contributed by atoms with Crippen LogP contribution in [0.3, 0.4) is 0 Å². The van der Waals surface area contributed by atoms with Crippen molar-refractivity contribution in [1.82, 2.24) is 0 Å². The van der Waals surface area contributed by atoms with Gasteiger partial charge in [-0.15, -0.1) is 0 Å². The topological polar surface area (TPSA) is 15.3 Å². The number of rotatable bonds is 5. The molecule has 5 rings (SSSR count). The van der Waals surface area contributed by atoms with E-state index in [1.807, 2.05) is 0 Å². The predicted octanol–water partition coefficient (Wildman–Crippen LogP) is 7.77. The summed E-state index contributed by atoms with van der Waals surface area (Å²) >= 11 is 0. The molecule has 0 bridgehead atoms. The Balaban J connectivity index is 1.64. The first-order valence-corrected chi connectivity index (χ1v) is 10.4. The van der Waals surface area contributed by atoms with Crippen LogP contribution in [0, 0.1) is 0 Å². The normalized spacial score (nSPS) is 12.7. The summed E-state index contributed by atoms with van der Waals surface area (Å²) in [5.41, 5.74) is 4.99. The maximum absolute atomic E-state index is 3.71. The first-order chi connectivity index (χ1) is 13.8. The Kier molecular flexibility index (Phi) is 4.40. The third kappa shape index (κ3) is 2.99. The lowest BCUT2D eigenvalue weighted by Gasteiger charge is -2.35. The fourth-order valence-corrected chi connectivity index (χ4v) is 4.32. The van der Waals surface area contributed by atoms with E-state index in [1.165, 1.54) is 70.0 Å². The average Bonchev–Trinajstić information content (AvgIpc) is 2.73. The Morgan fingerprint density at radius 3 is 1.64 bits per heavy atom. The molecule has 2 nitrogen and oxygen atoms in total. The van der Waals surface area contributed by atoms with E-state index in [2.05, 4.69) is 89.9 Å². The van der Waals surface area contributed by atoms with Crippen LogP contribution in [-0.2, 0) is 0 Å². The number of fused-ring (bicyclic) bond motifs is 4. The van der Waals surface area contributed by atoms with E-state index < -0.39 is 0 Å². The number of unbranched alkanes of at least 4 members (excludes halogenated alkanes) is 3. The molecular weight excluding hydrogens is 340 g/mol. The summed E-state index contributed by atoms with van der Waals surface area (Å²) in [5.74, 6) is 0. The van der Waals surface area contributed by atoms with Crippen LogP contribution in [0.1, 0.15) is 32.6 Å². The van der Waals surface area contributed by atoms with Gasteiger partial charge in [-0.1, -0.05) is 74.7 Å². The Morgan fingerprint density at radius 2 is 1.14 bits per heavy atom. The Hall–Kier alpha value is -3.00. The highest BCUT2D eigenvalue weighted by molar-refractivity contribution is 6.03. The van der Waals surface area contributed by atoms with Gasteiger partial charge in [0.15, 0.2) is 0 Å². The third-order valence-corrected chi connectivity index (χ3v) is 5.81. The molecule has 0 saturated heterocycles. The second kappa shape index (κ2) is 7.20. The Bertz CT molecular complexity index is 1060. The zero-order chi connectivity index (χ0) is 18.9. The van der Waals surface area contributed by atoms with E-state index in [4.69, 9.17) is 0 Å².